The number of anilines is 1. The molecular weight excluding hydrogens is 313 g/mol. The van der Waals surface area contributed by atoms with Gasteiger partial charge >= 0.3 is 5.69 Å². The highest BCUT2D eigenvalue weighted by molar-refractivity contribution is 5.62. The summed E-state index contributed by atoms with van der Waals surface area (Å²) < 4.78 is 15.3. The van der Waals surface area contributed by atoms with Gasteiger partial charge in [-0.25, -0.2) is 4.68 Å². The number of benzene rings is 2. The third kappa shape index (κ3) is 3.07. The van der Waals surface area contributed by atoms with Gasteiger partial charge in [0, 0.05) is 0 Å². The van der Waals surface area contributed by atoms with Crippen LogP contribution in [0.2, 0.25) is 0 Å². The van der Waals surface area contributed by atoms with Crippen molar-refractivity contribution >= 4 is 11.4 Å². The highest BCUT2D eigenvalue weighted by Gasteiger charge is 2.22. The molecule has 0 radical (unpaired) electrons. The Balaban J connectivity index is 1.84. The Morgan fingerprint density at radius 2 is 1.96 bits per heavy atom. The van der Waals surface area contributed by atoms with Gasteiger partial charge in [0.15, 0.2) is 0 Å². The molecule has 7 nitrogen and oxygen atoms in total. The van der Waals surface area contributed by atoms with E-state index < -0.39 is 16.4 Å². The summed E-state index contributed by atoms with van der Waals surface area (Å²) >= 11 is 0. The summed E-state index contributed by atoms with van der Waals surface area (Å²) in [4.78, 5) is 10.3. The van der Waals surface area contributed by atoms with Crippen molar-refractivity contribution in [2.75, 3.05) is 5.32 Å². The number of para-hydroxylation sites is 2. The van der Waals surface area contributed by atoms with E-state index in [1.807, 2.05) is 30.3 Å². The number of nitrogens with one attached hydrogen (secondary N) is 1. The lowest BCUT2D eigenvalue weighted by Gasteiger charge is -2.12. The summed E-state index contributed by atoms with van der Waals surface area (Å²) in [5, 5.41) is 22.1. The molecular formula is C16H14FN5O2. The molecule has 8 heteroatoms. The molecule has 0 aliphatic heterocycles. The van der Waals surface area contributed by atoms with Crippen molar-refractivity contribution in [1.82, 2.24) is 15.0 Å². The van der Waals surface area contributed by atoms with E-state index in [0.29, 0.717) is 5.69 Å². The number of rotatable bonds is 5. The van der Waals surface area contributed by atoms with Crippen LogP contribution in [-0.2, 0) is 0 Å². The minimum atomic E-state index is -0.884. The second-order valence-corrected chi connectivity index (χ2v) is 5.18. The highest BCUT2D eigenvalue weighted by atomic mass is 19.1. The van der Waals surface area contributed by atoms with Gasteiger partial charge in [0.05, 0.1) is 22.8 Å². The predicted molar refractivity (Wildman–Crippen MR) is 86.5 cm³/mol. The molecule has 2 aromatic carbocycles. The fraction of sp³-hybridized carbons (Fsp3) is 0.125. The van der Waals surface area contributed by atoms with Gasteiger partial charge < -0.3 is 5.32 Å². The molecule has 1 unspecified atom stereocenters. The maximum absolute atomic E-state index is 13.7. The monoisotopic (exact) mass is 327 g/mol. The molecule has 122 valence electrons. The summed E-state index contributed by atoms with van der Waals surface area (Å²) in [6.45, 7) is 1.77. The molecule has 0 fully saturated rings. The Hall–Kier alpha value is -3.29. The van der Waals surface area contributed by atoms with E-state index in [0.717, 1.165) is 11.8 Å². The molecule has 3 rings (SSSR count). The molecule has 0 aliphatic rings. The second kappa shape index (κ2) is 6.45. The molecule has 1 heterocycles. The molecule has 0 saturated heterocycles. The summed E-state index contributed by atoms with van der Waals surface area (Å²) in [5.41, 5.74) is 0.944. The third-order valence-electron chi connectivity index (χ3n) is 3.52. The van der Waals surface area contributed by atoms with E-state index in [1.165, 1.54) is 12.1 Å². The predicted octanol–water partition coefficient (Wildman–Crippen LogP) is 3.49. The van der Waals surface area contributed by atoms with E-state index in [9.17, 15) is 14.5 Å². The van der Waals surface area contributed by atoms with Crippen molar-refractivity contribution < 1.29 is 9.31 Å². The Morgan fingerprint density at radius 1 is 1.21 bits per heavy atom. The van der Waals surface area contributed by atoms with Gasteiger partial charge in [0.2, 0.25) is 5.82 Å². The molecule has 0 bridgehead atoms. The number of nitrogens with zero attached hydrogens (tertiary/aromatic N) is 4. The molecule has 1 aromatic heterocycles. The zero-order valence-electron chi connectivity index (χ0n) is 12.8. The minimum Gasteiger partial charge on any atom is -0.371 e. The smallest absolute Gasteiger partial charge is 0.327 e. The van der Waals surface area contributed by atoms with E-state index in [4.69, 9.17) is 0 Å². The van der Waals surface area contributed by atoms with Crippen LogP contribution >= 0.6 is 0 Å². The largest absolute Gasteiger partial charge is 0.371 e. The molecule has 0 amide bonds. The third-order valence-corrected chi connectivity index (χ3v) is 3.52. The Bertz CT molecular complexity index is 866. The van der Waals surface area contributed by atoms with E-state index in [2.05, 4.69) is 15.6 Å². The summed E-state index contributed by atoms with van der Waals surface area (Å²) in [7, 11) is 0. The van der Waals surface area contributed by atoms with E-state index in [1.54, 1.807) is 17.8 Å². The average Bonchev–Trinajstić information content (AvgIpc) is 3.05. The molecule has 1 N–H and O–H groups in total. The number of aromatic nitrogens is 3. The SMILES string of the molecule is CC(Nc1cccc(F)c1[N+](=O)[O-])c1cn(-c2ccccc2)nn1. The second-order valence-electron chi connectivity index (χ2n) is 5.18. The summed E-state index contributed by atoms with van der Waals surface area (Å²) in [5.74, 6) is -0.884. The van der Waals surface area contributed by atoms with Crippen LogP contribution in [0.25, 0.3) is 5.69 Å². The van der Waals surface area contributed by atoms with Crippen molar-refractivity contribution in [3.63, 3.8) is 0 Å². The van der Waals surface area contributed by atoms with Crippen molar-refractivity contribution in [3.05, 3.63) is 76.4 Å². The molecule has 0 aliphatic carbocycles. The standard InChI is InChI=1S/C16H14FN5O2/c1-11(18-14-9-5-8-13(17)16(14)22(23)24)15-10-21(20-19-15)12-6-3-2-4-7-12/h2-11,18H,1H3. The topological polar surface area (TPSA) is 85.9 Å². The maximum atomic E-state index is 13.7. The van der Waals surface area contributed by atoms with Crippen LogP contribution in [0.3, 0.4) is 0 Å². The first-order chi connectivity index (χ1) is 11.6. The average molecular weight is 327 g/mol. The van der Waals surface area contributed by atoms with Gasteiger partial charge in [-0.05, 0) is 31.2 Å². The zero-order valence-corrected chi connectivity index (χ0v) is 12.8. The quantitative estimate of drug-likeness (QED) is 0.572. The summed E-state index contributed by atoms with van der Waals surface area (Å²) in [6.07, 6.45) is 1.72. The Morgan fingerprint density at radius 3 is 2.67 bits per heavy atom. The first kappa shape index (κ1) is 15.6. The fourth-order valence-electron chi connectivity index (χ4n) is 2.31. The lowest BCUT2D eigenvalue weighted by molar-refractivity contribution is -0.386. The fourth-order valence-corrected chi connectivity index (χ4v) is 2.31. The van der Waals surface area contributed by atoms with Gasteiger partial charge in [-0.2, -0.15) is 4.39 Å². The molecule has 0 saturated carbocycles. The van der Waals surface area contributed by atoms with E-state index in [-0.39, 0.29) is 11.7 Å². The van der Waals surface area contributed by atoms with Crippen LogP contribution in [0.15, 0.2) is 54.7 Å². The Kier molecular flexibility index (Phi) is 4.19. The van der Waals surface area contributed by atoms with Crippen LogP contribution in [0.4, 0.5) is 15.8 Å². The zero-order chi connectivity index (χ0) is 17.1. The van der Waals surface area contributed by atoms with E-state index >= 15 is 0 Å². The van der Waals surface area contributed by atoms with Gasteiger partial charge in [-0.1, -0.05) is 29.5 Å². The first-order valence-corrected chi connectivity index (χ1v) is 7.23. The molecule has 24 heavy (non-hydrogen) atoms. The number of hydrogen-bond acceptors (Lipinski definition) is 5. The number of halogens is 1. The lowest BCUT2D eigenvalue weighted by atomic mass is 10.2. The van der Waals surface area contributed by atoms with Crippen LogP contribution in [0.5, 0.6) is 0 Å². The van der Waals surface area contributed by atoms with Gasteiger partial charge in [-0.3, -0.25) is 10.1 Å². The normalized spacial score (nSPS) is 11.9. The minimum absolute atomic E-state index is 0.0989. The number of hydrogen-bond donors (Lipinski definition) is 1. The highest BCUT2D eigenvalue weighted by Crippen LogP contribution is 2.30. The Labute approximate surface area is 136 Å². The number of nitro groups is 1. The molecule has 3 aromatic rings. The molecule has 1 atom stereocenters. The van der Waals surface area contributed by atoms with Gasteiger partial charge in [-0.15, -0.1) is 5.10 Å². The van der Waals surface area contributed by atoms with Crippen LogP contribution in [0, 0.1) is 15.9 Å². The summed E-state index contributed by atoms with van der Waals surface area (Å²) in [6, 6.07) is 13.0. The van der Waals surface area contributed by atoms with Crippen LogP contribution in [0.1, 0.15) is 18.7 Å². The maximum Gasteiger partial charge on any atom is 0.327 e. The first-order valence-electron chi connectivity index (χ1n) is 7.23. The lowest BCUT2D eigenvalue weighted by Crippen LogP contribution is -2.09. The van der Waals surface area contributed by atoms with Crippen molar-refractivity contribution in [2.24, 2.45) is 0 Å². The number of nitro benzene ring substituents is 1. The van der Waals surface area contributed by atoms with Crippen molar-refractivity contribution in [3.8, 4) is 5.69 Å². The van der Waals surface area contributed by atoms with Gasteiger partial charge in [0.25, 0.3) is 0 Å². The van der Waals surface area contributed by atoms with Gasteiger partial charge in [0.1, 0.15) is 11.4 Å². The van der Waals surface area contributed by atoms with Crippen molar-refractivity contribution in [1.29, 1.82) is 0 Å². The van der Waals surface area contributed by atoms with Crippen LogP contribution in [-0.4, -0.2) is 19.9 Å². The van der Waals surface area contributed by atoms with Crippen molar-refractivity contribution in [2.45, 2.75) is 13.0 Å². The van der Waals surface area contributed by atoms with Crippen LogP contribution < -0.4 is 5.32 Å². The molecule has 0 spiro atoms.